The number of rotatable bonds is 17. The number of hydrogen-bond donors (Lipinski definition) is 2. The van der Waals surface area contributed by atoms with E-state index in [0.717, 1.165) is 12.5 Å². The van der Waals surface area contributed by atoms with Crippen molar-refractivity contribution in [3.05, 3.63) is 54.1 Å². The molecule has 11 heteroatoms. The lowest BCUT2D eigenvalue weighted by Crippen LogP contribution is -2.40. The highest BCUT2D eigenvalue weighted by Gasteiger charge is 2.21. The molecule has 1 atom stereocenters. The molecule has 0 aliphatic rings. The van der Waals surface area contributed by atoms with Crippen LogP contribution in [0.2, 0.25) is 0 Å². The Morgan fingerprint density at radius 2 is 1.76 bits per heavy atom. The van der Waals surface area contributed by atoms with Gasteiger partial charge in [0.25, 0.3) is 0 Å². The lowest BCUT2D eigenvalue weighted by molar-refractivity contribution is -0.149. The third kappa shape index (κ3) is 11.7. The molecule has 2 aromatic carbocycles. The van der Waals surface area contributed by atoms with Crippen molar-refractivity contribution >= 4 is 17.7 Å². The summed E-state index contributed by atoms with van der Waals surface area (Å²) in [5.74, 6) is -2.70. The number of benzene rings is 2. The van der Waals surface area contributed by atoms with Crippen molar-refractivity contribution in [3.8, 4) is 11.5 Å². The number of carbonyl (C=O) groups excluding carboxylic acids is 1. The first-order valence-electron chi connectivity index (χ1n) is 12.3. The Labute approximate surface area is 221 Å². The van der Waals surface area contributed by atoms with Gasteiger partial charge in [-0.1, -0.05) is 18.2 Å². The van der Waals surface area contributed by atoms with Crippen LogP contribution >= 0.6 is 0 Å². The molecule has 0 radical (unpaired) electrons. The van der Waals surface area contributed by atoms with E-state index in [4.69, 9.17) is 18.9 Å². The standard InChI is InChI=1S/C27H36F2N2O7/c1-4-37-24(25(32)33)18-20-8-10-22(11-9-20)38-17-14-31(13-16-36-15-12-27(2,28)29)26(34)30-21-6-5-7-23(19-21)35-3/h5-11,19,24H,4,12-18H2,1-3H3,(H,30,34)(H,32,33). The first-order valence-corrected chi connectivity index (χ1v) is 12.3. The van der Waals surface area contributed by atoms with Crippen molar-refractivity contribution in [2.75, 3.05) is 51.9 Å². The molecule has 38 heavy (non-hydrogen) atoms. The van der Waals surface area contributed by atoms with Crippen LogP contribution in [-0.4, -0.2) is 80.7 Å². The molecule has 0 saturated carbocycles. The zero-order chi connectivity index (χ0) is 28.0. The van der Waals surface area contributed by atoms with E-state index in [9.17, 15) is 23.5 Å². The summed E-state index contributed by atoms with van der Waals surface area (Å²) in [6, 6.07) is 13.4. The van der Waals surface area contributed by atoms with Gasteiger partial charge in [-0.3, -0.25) is 0 Å². The number of carbonyl (C=O) groups is 2. The fourth-order valence-corrected chi connectivity index (χ4v) is 3.37. The Hall–Kier alpha value is -3.44. The van der Waals surface area contributed by atoms with Crippen LogP contribution in [0.25, 0.3) is 0 Å². The smallest absolute Gasteiger partial charge is 0.333 e. The first-order chi connectivity index (χ1) is 18.1. The molecule has 0 spiro atoms. The fourth-order valence-electron chi connectivity index (χ4n) is 3.37. The Bertz CT molecular complexity index is 1000. The minimum atomic E-state index is -2.82. The third-order valence-corrected chi connectivity index (χ3v) is 5.42. The Kier molecular flexibility index (Phi) is 12.7. The van der Waals surface area contributed by atoms with Crippen molar-refractivity contribution in [2.45, 2.75) is 38.7 Å². The molecule has 2 amide bonds. The lowest BCUT2D eigenvalue weighted by Gasteiger charge is -2.23. The molecule has 2 N–H and O–H groups in total. The van der Waals surface area contributed by atoms with Crippen molar-refractivity contribution in [3.63, 3.8) is 0 Å². The maximum absolute atomic E-state index is 13.0. The van der Waals surface area contributed by atoms with Gasteiger partial charge in [-0.2, -0.15) is 0 Å². The summed E-state index contributed by atoms with van der Waals surface area (Å²) in [7, 11) is 1.53. The van der Waals surface area contributed by atoms with E-state index in [1.165, 1.54) is 12.0 Å². The summed E-state index contributed by atoms with van der Waals surface area (Å²) >= 11 is 0. The van der Waals surface area contributed by atoms with E-state index in [1.807, 2.05) is 0 Å². The van der Waals surface area contributed by atoms with Crippen LogP contribution in [0.4, 0.5) is 19.3 Å². The Morgan fingerprint density at radius 3 is 2.39 bits per heavy atom. The van der Waals surface area contributed by atoms with Crippen LogP contribution in [-0.2, 0) is 20.7 Å². The third-order valence-electron chi connectivity index (χ3n) is 5.42. The number of halogens is 2. The first kappa shape index (κ1) is 30.8. The van der Waals surface area contributed by atoms with Crippen LogP contribution in [0.1, 0.15) is 25.8 Å². The number of urea groups is 1. The van der Waals surface area contributed by atoms with Crippen molar-refractivity contribution < 1.29 is 42.4 Å². The second-order valence-electron chi connectivity index (χ2n) is 8.56. The zero-order valence-corrected chi connectivity index (χ0v) is 22.0. The Balaban J connectivity index is 1.93. The lowest BCUT2D eigenvalue weighted by atomic mass is 10.1. The van der Waals surface area contributed by atoms with E-state index in [-0.39, 0.29) is 39.3 Å². The molecule has 0 saturated heterocycles. The molecule has 2 rings (SSSR count). The van der Waals surface area contributed by atoms with Gasteiger partial charge in [0.1, 0.15) is 18.1 Å². The number of anilines is 1. The summed E-state index contributed by atoms with van der Waals surface area (Å²) in [4.78, 5) is 25.7. The summed E-state index contributed by atoms with van der Waals surface area (Å²) < 4.78 is 47.5. The number of ether oxygens (including phenoxy) is 4. The fraction of sp³-hybridized carbons (Fsp3) is 0.481. The molecule has 210 valence electrons. The minimum Gasteiger partial charge on any atom is -0.497 e. The summed E-state index contributed by atoms with van der Waals surface area (Å²) in [5.41, 5.74) is 1.32. The average Bonchev–Trinajstić information content (AvgIpc) is 2.87. The molecule has 0 fully saturated rings. The SMILES string of the molecule is CCOC(Cc1ccc(OCCN(CCOCCC(C)(F)F)C(=O)Nc2cccc(OC)c2)cc1)C(=O)O. The molecule has 2 aromatic rings. The van der Waals surface area contributed by atoms with E-state index in [1.54, 1.807) is 55.5 Å². The zero-order valence-electron chi connectivity index (χ0n) is 22.0. The van der Waals surface area contributed by atoms with E-state index in [2.05, 4.69) is 5.32 Å². The second kappa shape index (κ2) is 15.7. The molecule has 1 unspecified atom stereocenters. The average molecular weight is 539 g/mol. The number of carboxylic acid groups (broad SMARTS) is 1. The number of hydrogen-bond acceptors (Lipinski definition) is 6. The maximum atomic E-state index is 13.0. The molecule has 0 bridgehead atoms. The number of nitrogens with one attached hydrogen (secondary N) is 1. The predicted molar refractivity (Wildman–Crippen MR) is 138 cm³/mol. The molecule has 0 aliphatic carbocycles. The molecule has 0 aliphatic heterocycles. The number of amides is 2. The van der Waals surface area contributed by atoms with Gasteiger partial charge in [-0.05, 0) is 43.7 Å². The normalized spacial score (nSPS) is 12.0. The highest BCUT2D eigenvalue weighted by molar-refractivity contribution is 5.89. The van der Waals surface area contributed by atoms with Crippen molar-refractivity contribution in [2.24, 2.45) is 0 Å². The highest BCUT2D eigenvalue weighted by Crippen LogP contribution is 2.18. The van der Waals surface area contributed by atoms with Gasteiger partial charge < -0.3 is 34.3 Å². The van der Waals surface area contributed by atoms with Gasteiger partial charge >= 0.3 is 12.0 Å². The monoisotopic (exact) mass is 538 g/mol. The number of nitrogens with zero attached hydrogens (tertiary/aromatic N) is 1. The maximum Gasteiger partial charge on any atom is 0.333 e. The topological polar surface area (TPSA) is 107 Å². The van der Waals surface area contributed by atoms with Crippen LogP contribution in [0.5, 0.6) is 11.5 Å². The largest absolute Gasteiger partial charge is 0.497 e. The van der Waals surface area contributed by atoms with Gasteiger partial charge in [0.05, 0.1) is 26.9 Å². The number of methoxy groups -OCH3 is 1. The molecule has 0 heterocycles. The number of carboxylic acids is 1. The van der Waals surface area contributed by atoms with Crippen LogP contribution < -0.4 is 14.8 Å². The highest BCUT2D eigenvalue weighted by atomic mass is 19.3. The van der Waals surface area contributed by atoms with Gasteiger partial charge in [0.2, 0.25) is 5.92 Å². The minimum absolute atomic E-state index is 0.0842. The van der Waals surface area contributed by atoms with Crippen LogP contribution in [0.15, 0.2) is 48.5 Å². The van der Waals surface area contributed by atoms with Crippen LogP contribution in [0, 0.1) is 0 Å². The summed E-state index contributed by atoms with van der Waals surface area (Å²) in [5, 5.41) is 12.0. The molecular weight excluding hydrogens is 502 g/mol. The van der Waals surface area contributed by atoms with Gasteiger partial charge in [0, 0.05) is 37.7 Å². The number of alkyl halides is 2. The van der Waals surface area contributed by atoms with Crippen molar-refractivity contribution in [1.82, 2.24) is 4.90 Å². The predicted octanol–water partition coefficient (Wildman–Crippen LogP) is 4.70. The van der Waals surface area contributed by atoms with E-state index < -0.39 is 30.4 Å². The summed E-state index contributed by atoms with van der Waals surface area (Å²) in [6.45, 7) is 3.37. The quantitative estimate of drug-likeness (QED) is 0.281. The molecule has 9 nitrogen and oxygen atoms in total. The van der Waals surface area contributed by atoms with E-state index in [0.29, 0.717) is 23.8 Å². The number of aliphatic carboxylic acids is 1. The molecular formula is C27H36F2N2O7. The van der Waals surface area contributed by atoms with Crippen molar-refractivity contribution in [1.29, 1.82) is 0 Å². The van der Waals surface area contributed by atoms with Gasteiger partial charge in [0.15, 0.2) is 6.10 Å². The molecule has 0 aromatic heterocycles. The van der Waals surface area contributed by atoms with E-state index >= 15 is 0 Å². The Morgan fingerprint density at radius 1 is 1.05 bits per heavy atom. The van der Waals surface area contributed by atoms with Gasteiger partial charge in [-0.15, -0.1) is 0 Å². The summed E-state index contributed by atoms with van der Waals surface area (Å²) in [6.07, 6.45) is -1.10. The van der Waals surface area contributed by atoms with Crippen LogP contribution in [0.3, 0.4) is 0 Å². The second-order valence-corrected chi connectivity index (χ2v) is 8.56. The van der Waals surface area contributed by atoms with Gasteiger partial charge in [-0.25, -0.2) is 18.4 Å².